The van der Waals surface area contributed by atoms with E-state index in [1.807, 2.05) is 6.33 Å². The molecule has 0 bridgehead atoms. The summed E-state index contributed by atoms with van der Waals surface area (Å²) in [7, 11) is 0. The zero-order chi connectivity index (χ0) is 9.54. The van der Waals surface area contributed by atoms with E-state index in [1.165, 1.54) is 18.5 Å². The molecule has 0 aromatic carbocycles. The van der Waals surface area contributed by atoms with Crippen LogP contribution in [0, 0.1) is 5.92 Å². The number of hydrogen-bond donors (Lipinski definition) is 1. The van der Waals surface area contributed by atoms with E-state index in [9.17, 15) is 0 Å². The molecule has 0 amide bonds. The van der Waals surface area contributed by atoms with Gasteiger partial charge in [0.05, 0.1) is 6.33 Å². The van der Waals surface area contributed by atoms with Crippen LogP contribution in [0.5, 0.6) is 0 Å². The number of hydrogen-bond acceptors (Lipinski definition) is 2. The average Bonchev–Trinajstić information content (AvgIpc) is 2.76. The third kappa shape index (κ3) is 1.19. The Kier molecular flexibility index (Phi) is 1.87. The van der Waals surface area contributed by atoms with Gasteiger partial charge in [0.15, 0.2) is 0 Å². The molecule has 2 unspecified atom stereocenters. The summed E-state index contributed by atoms with van der Waals surface area (Å²) in [6.07, 6.45) is 6.75. The third-order valence-corrected chi connectivity index (χ3v) is 3.66. The van der Waals surface area contributed by atoms with Crippen LogP contribution >= 0.6 is 0 Å². The fraction of sp³-hybridized carbons (Fsp3) is 0.727. The van der Waals surface area contributed by atoms with Crippen molar-refractivity contribution in [3.05, 3.63) is 18.2 Å². The van der Waals surface area contributed by atoms with Gasteiger partial charge in [0.2, 0.25) is 0 Å². The predicted molar refractivity (Wildman–Crippen MR) is 55.3 cm³/mol. The highest BCUT2D eigenvalue weighted by atomic mass is 15.1. The molecule has 14 heavy (non-hydrogen) atoms. The molecule has 2 atom stereocenters. The number of nitrogens with zero attached hydrogens (tertiary/aromatic N) is 2. The summed E-state index contributed by atoms with van der Waals surface area (Å²) in [6, 6.07) is 0.762. The maximum atomic E-state index is 4.29. The quantitative estimate of drug-likeness (QED) is 0.785. The van der Waals surface area contributed by atoms with Crippen molar-refractivity contribution in [2.75, 3.05) is 13.1 Å². The van der Waals surface area contributed by atoms with Gasteiger partial charge >= 0.3 is 0 Å². The highest BCUT2D eigenvalue weighted by molar-refractivity contribution is 5.15. The number of imidazole rings is 1. The van der Waals surface area contributed by atoms with Crippen molar-refractivity contribution in [1.29, 1.82) is 0 Å². The summed E-state index contributed by atoms with van der Waals surface area (Å²) in [6.45, 7) is 4.55. The normalized spacial score (nSPS) is 31.5. The molecule has 1 aliphatic carbocycles. The van der Waals surface area contributed by atoms with Gasteiger partial charge in [-0.2, -0.15) is 0 Å². The summed E-state index contributed by atoms with van der Waals surface area (Å²) in [5, 5.41) is 3.32. The van der Waals surface area contributed by atoms with Crippen molar-refractivity contribution < 1.29 is 0 Å². The molecular weight excluding hydrogens is 174 g/mol. The van der Waals surface area contributed by atoms with Crippen LogP contribution in [0.15, 0.2) is 12.5 Å². The Hall–Kier alpha value is -0.830. The molecule has 1 aliphatic heterocycles. The first kappa shape index (κ1) is 8.48. The van der Waals surface area contributed by atoms with Gasteiger partial charge in [0, 0.05) is 36.9 Å². The minimum absolute atomic E-state index is 0.718. The number of aromatic nitrogens is 2. The minimum Gasteiger partial charge on any atom is -0.331 e. The SMILES string of the molecule is CCC1CC1n1cncc1C1CNC1. The van der Waals surface area contributed by atoms with Gasteiger partial charge in [-0.05, 0) is 12.3 Å². The molecule has 2 aliphatic rings. The summed E-state index contributed by atoms with van der Waals surface area (Å²) in [5.41, 5.74) is 1.45. The molecule has 2 heterocycles. The summed E-state index contributed by atoms with van der Waals surface area (Å²) < 4.78 is 2.42. The lowest BCUT2D eigenvalue weighted by Gasteiger charge is -2.28. The predicted octanol–water partition coefficient (Wildman–Crippen LogP) is 1.54. The van der Waals surface area contributed by atoms with Gasteiger partial charge < -0.3 is 9.88 Å². The van der Waals surface area contributed by atoms with E-state index in [-0.39, 0.29) is 0 Å². The maximum absolute atomic E-state index is 4.29. The van der Waals surface area contributed by atoms with Crippen LogP contribution in [-0.4, -0.2) is 22.6 Å². The lowest BCUT2D eigenvalue weighted by atomic mass is 10.00. The highest BCUT2D eigenvalue weighted by Gasteiger charge is 2.39. The fourth-order valence-corrected chi connectivity index (χ4v) is 2.42. The molecule has 0 spiro atoms. The first-order valence-electron chi connectivity index (χ1n) is 5.62. The second-order valence-electron chi connectivity index (χ2n) is 4.55. The van der Waals surface area contributed by atoms with E-state index >= 15 is 0 Å². The zero-order valence-electron chi connectivity index (χ0n) is 8.61. The van der Waals surface area contributed by atoms with E-state index in [0.29, 0.717) is 0 Å². The topological polar surface area (TPSA) is 29.9 Å². The Labute approximate surface area is 84.5 Å². The van der Waals surface area contributed by atoms with Crippen LogP contribution in [0.25, 0.3) is 0 Å². The average molecular weight is 191 g/mol. The summed E-state index contributed by atoms with van der Waals surface area (Å²) in [5.74, 6) is 1.63. The number of rotatable bonds is 3. The lowest BCUT2D eigenvalue weighted by Crippen LogP contribution is -2.40. The highest BCUT2D eigenvalue weighted by Crippen LogP contribution is 2.46. The van der Waals surface area contributed by atoms with E-state index in [0.717, 1.165) is 31.0 Å². The minimum atomic E-state index is 0.718. The Balaban J connectivity index is 1.80. The van der Waals surface area contributed by atoms with Gasteiger partial charge in [0.25, 0.3) is 0 Å². The molecule has 3 nitrogen and oxygen atoms in total. The van der Waals surface area contributed by atoms with Crippen LogP contribution in [0.4, 0.5) is 0 Å². The van der Waals surface area contributed by atoms with Crippen molar-refractivity contribution in [1.82, 2.24) is 14.9 Å². The summed E-state index contributed by atoms with van der Waals surface area (Å²) >= 11 is 0. The first-order valence-corrected chi connectivity index (χ1v) is 5.62. The van der Waals surface area contributed by atoms with Crippen LogP contribution in [0.1, 0.15) is 37.4 Å². The molecule has 3 heteroatoms. The van der Waals surface area contributed by atoms with Gasteiger partial charge in [-0.25, -0.2) is 4.98 Å². The molecule has 1 aromatic rings. The van der Waals surface area contributed by atoms with E-state index in [4.69, 9.17) is 0 Å². The molecule has 1 saturated carbocycles. The van der Waals surface area contributed by atoms with Crippen molar-refractivity contribution in [2.24, 2.45) is 5.92 Å². The standard InChI is InChI=1S/C11H17N3/c1-2-8-3-10(8)14-7-13-6-11(14)9-4-12-5-9/h6-10,12H,2-5H2,1H3. The van der Waals surface area contributed by atoms with E-state index < -0.39 is 0 Å². The Bertz CT molecular complexity index is 327. The lowest BCUT2D eigenvalue weighted by molar-refractivity contribution is 0.421. The molecule has 2 fully saturated rings. The van der Waals surface area contributed by atoms with Crippen molar-refractivity contribution in [2.45, 2.75) is 31.7 Å². The second kappa shape index (κ2) is 3.09. The Morgan fingerprint density at radius 1 is 1.57 bits per heavy atom. The van der Waals surface area contributed by atoms with E-state index in [1.54, 1.807) is 0 Å². The van der Waals surface area contributed by atoms with Crippen LogP contribution < -0.4 is 5.32 Å². The first-order chi connectivity index (χ1) is 6.90. The van der Waals surface area contributed by atoms with Crippen LogP contribution in [0.2, 0.25) is 0 Å². The molecule has 1 aromatic heterocycles. The molecule has 76 valence electrons. The molecule has 0 radical (unpaired) electrons. The number of nitrogens with one attached hydrogen (secondary N) is 1. The van der Waals surface area contributed by atoms with Crippen LogP contribution in [0.3, 0.4) is 0 Å². The molecule has 1 saturated heterocycles. The summed E-state index contributed by atoms with van der Waals surface area (Å²) in [4.78, 5) is 4.29. The van der Waals surface area contributed by atoms with Crippen molar-refractivity contribution in [3.8, 4) is 0 Å². The third-order valence-electron chi connectivity index (χ3n) is 3.66. The van der Waals surface area contributed by atoms with Gasteiger partial charge in [-0.3, -0.25) is 0 Å². The van der Waals surface area contributed by atoms with Gasteiger partial charge in [-0.1, -0.05) is 13.3 Å². The van der Waals surface area contributed by atoms with Crippen molar-refractivity contribution >= 4 is 0 Å². The molecular formula is C11H17N3. The Morgan fingerprint density at radius 2 is 2.43 bits per heavy atom. The zero-order valence-corrected chi connectivity index (χ0v) is 8.61. The monoisotopic (exact) mass is 191 g/mol. The van der Waals surface area contributed by atoms with Crippen LogP contribution in [-0.2, 0) is 0 Å². The maximum Gasteiger partial charge on any atom is 0.0950 e. The van der Waals surface area contributed by atoms with E-state index in [2.05, 4.69) is 28.0 Å². The second-order valence-corrected chi connectivity index (χ2v) is 4.55. The fourth-order valence-electron chi connectivity index (χ4n) is 2.42. The van der Waals surface area contributed by atoms with Crippen molar-refractivity contribution in [3.63, 3.8) is 0 Å². The van der Waals surface area contributed by atoms with Gasteiger partial charge in [-0.15, -0.1) is 0 Å². The Morgan fingerprint density at radius 3 is 3.00 bits per heavy atom. The molecule has 1 N–H and O–H groups in total. The largest absolute Gasteiger partial charge is 0.331 e. The van der Waals surface area contributed by atoms with Gasteiger partial charge in [0.1, 0.15) is 0 Å². The smallest absolute Gasteiger partial charge is 0.0950 e. The molecule has 3 rings (SSSR count).